The topological polar surface area (TPSA) is 150 Å². The molecular weight excluding hydrogens is 606 g/mol. The van der Waals surface area contributed by atoms with E-state index in [0.717, 1.165) is 49.1 Å². The van der Waals surface area contributed by atoms with Crippen molar-refractivity contribution in [2.75, 3.05) is 19.7 Å². The first-order valence-corrected chi connectivity index (χ1v) is 16.7. The van der Waals surface area contributed by atoms with Gasteiger partial charge >= 0.3 is 6.09 Å². The first-order valence-electron chi connectivity index (χ1n) is 15.8. The fourth-order valence-corrected chi connectivity index (χ4v) is 5.04. The number of amides is 4. The lowest BCUT2D eigenvalue weighted by molar-refractivity contribution is -0.130. The molecule has 1 aliphatic carbocycles. The number of alkyl carbamates (subject to hydrolysis) is 1. The van der Waals surface area contributed by atoms with Gasteiger partial charge in [-0.1, -0.05) is 51.1 Å². The zero-order valence-corrected chi connectivity index (χ0v) is 28.2. The average Bonchev–Trinajstić information content (AvgIpc) is 3.76. The van der Waals surface area contributed by atoms with Gasteiger partial charge in [0.15, 0.2) is 0 Å². The van der Waals surface area contributed by atoms with Gasteiger partial charge in [0.1, 0.15) is 12.6 Å². The Morgan fingerprint density at radius 3 is 2.54 bits per heavy atom. The number of likely N-dealkylation sites (tertiary alicyclic amines) is 1. The molecule has 0 bridgehead atoms. The lowest BCUT2D eigenvalue weighted by Crippen LogP contribution is -2.41. The number of hydrogen-bond acceptors (Lipinski definition) is 7. The summed E-state index contributed by atoms with van der Waals surface area (Å²) in [5.41, 5.74) is 0.782. The number of rotatable bonds is 13. The van der Waals surface area contributed by atoms with E-state index in [0.29, 0.717) is 29.9 Å². The van der Waals surface area contributed by atoms with E-state index in [-0.39, 0.29) is 36.6 Å². The van der Waals surface area contributed by atoms with Crippen LogP contribution in [0.3, 0.4) is 0 Å². The van der Waals surface area contributed by atoms with E-state index in [1.165, 1.54) is 11.9 Å². The van der Waals surface area contributed by atoms with Crippen LogP contribution < -0.4 is 20.9 Å². The van der Waals surface area contributed by atoms with Gasteiger partial charge in [-0.05, 0) is 86.4 Å². The van der Waals surface area contributed by atoms with Crippen LogP contribution in [0.25, 0.3) is 16.8 Å². The Bertz CT molecular complexity index is 1360. The van der Waals surface area contributed by atoms with E-state index in [1.54, 1.807) is 17.2 Å². The van der Waals surface area contributed by atoms with E-state index in [1.807, 2.05) is 43.3 Å². The number of ether oxygens (including phenoxy) is 1. The van der Waals surface area contributed by atoms with Gasteiger partial charge in [-0.15, -0.1) is 6.58 Å². The smallest absolute Gasteiger partial charge is 0.407 e. The van der Waals surface area contributed by atoms with E-state index in [4.69, 9.17) is 4.74 Å². The first kappa shape index (κ1) is 38.1. The van der Waals surface area contributed by atoms with Crippen molar-refractivity contribution in [3.05, 3.63) is 65.1 Å². The van der Waals surface area contributed by atoms with Gasteiger partial charge in [-0.25, -0.2) is 4.79 Å². The quantitative estimate of drug-likeness (QED) is 0.103. The second-order valence-electron chi connectivity index (χ2n) is 11.8. The highest BCUT2D eigenvalue weighted by atomic mass is 32.2. The van der Waals surface area contributed by atoms with Gasteiger partial charge < -0.3 is 25.3 Å². The lowest BCUT2D eigenvalue weighted by Gasteiger charge is -2.21. The Morgan fingerprint density at radius 2 is 1.91 bits per heavy atom. The normalized spacial score (nSPS) is 16.0. The summed E-state index contributed by atoms with van der Waals surface area (Å²) < 4.78 is 7.81. The third-order valence-corrected chi connectivity index (χ3v) is 7.85. The molecule has 11 nitrogen and oxygen atoms in total. The third kappa shape index (κ3) is 14.8. The molecule has 4 amide bonds. The van der Waals surface area contributed by atoms with Gasteiger partial charge in [0, 0.05) is 29.4 Å². The van der Waals surface area contributed by atoms with Gasteiger partial charge in [0.2, 0.25) is 12.3 Å². The van der Waals surface area contributed by atoms with E-state index in [9.17, 15) is 24.0 Å². The second-order valence-corrected chi connectivity index (χ2v) is 12.9. The van der Waals surface area contributed by atoms with Crippen molar-refractivity contribution in [1.82, 2.24) is 25.2 Å². The Kier molecular flexibility index (Phi) is 17.3. The van der Waals surface area contributed by atoms with Gasteiger partial charge in [-0.2, -0.15) is 0 Å². The van der Waals surface area contributed by atoms with Gasteiger partial charge in [-0.3, -0.25) is 23.9 Å². The number of H-pyrrole nitrogens is 1. The zero-order valence-electron chi connectivity index (χ0n) is 27.4. The van der Waals surface area contributed by atoms with Crippen molar-refractivity contribution in [2.45, 2.75) is 83.6 Å². The minimum absolute atomic E-state index is 0.0371. The highest BCUT2D eigenvalue weighted by Gasteiger charge is 2.26. The van der Waals surface area contributed by atoms with Gasteiger partial charge in [0.25, 0.3) is 11.5 Å². The summed E-state index contributed by atoms with van der Waals surface area (Å²) in [7, 11) is 0. The number of nitrogens with one attached hydrogen (secondary N) is 4. The number of fused-ring (bicyclic) bond motifs is 1. The first-order chi connectivity index (χ1) is 22.0. The van der Waals surface area contributed by atoms with Crippen molar-refractivity contribution in [3.63, 3.8) is 0 Å². The molecule has 4 N–H and O–H groups in total. The molecule has 1 saturated carbocycles. The highest BCUT2D eigenvalue weighted by Crippen LogP contribution is 2.31. The SMILES string of the molecule is C=CCC(NC=O)C(=O)NSC1CC1.CC(C)C.CC1CCCN1C(=O)CNC(=O)OCC/C=C/c1ccc2cc[nH]c(=O)c2c1. The predicted octanol–water partition coefficient (Wildman–Crippen LogP) is 4.93. The predicted molar refractivity (Wildman–Crippen MR) is 185 cm³/mol. The number of pyridine rings is 1. The molecule has 252 valence electrons. The van der Waals surface area contributed by atoms with E-state index in [2.05, 4.69) is 47.7 Å². The standard InChI is InChI=1S/C21H25N3O4.C9H14N2O2S.C4H10/c1-15-5-4-11-24(15)19(25)14-23-21(27)28-12-3-2-6-16-7-8-17-9-10-22-20(26)18(17)13-16;1-2-3-8(10-6-12)9(13)11-14-7-4-5-7;1-4(2)3/h2,6-10,13,15H,3-5,11-12,14H2,1H3,(H,22,26)(H,23,27);2,6-8H,1,3-5H2,(H,10,12)(H,11,13);4H,1-3H3/b6-2+;;. The Labute approximate surface area is 276 Å². The van der Waals surface area contributed by atoms with Crippen LogP contribution in [0, 0.1) is 5.92 Å². The van der Waals surface area contributed by atoms with Crippen LogP contribution in [0.15, 0.2) is 54.0 Å². The number of aromatic nitrogens is 1. The molecule has 1 saturated heterocycles. The number of benzene rings is 1. The molecule has 2 atom stereocenters. The summed E-state index contributed by atoms with van der Waals surface area (Å²) in [5.74, 6) is 0.599. The van der Waals surface area contributed by atoms with Crippen molar-refractivity contribution in [3.8, 4) is 0 Å². The molecule has 4 rings (SSSR count). The van der Waals surface area contributed by atoms with Crippen LogP contribution in [0.1, 0.15) is 71.8 Å². The van der Waals surface area contributed by atoms with Crippen LogP contribution in [0.2, 0.25) is 0 Å². The van der Waals surface area contributed by atoms with Crippen LogP contribution in [0.5, 0.6) is 0 Å². The molecule has 2 unspecified atom stereocenters. The zero-order chi connectivity index (χ0) is 33.9. The monoisotopic (exact) mass is 655 g/mol. The molecule has 2 aromatic rings. The summed E-state index contributed by atoms with van der Waals surface area (Å²) in [5, 5.41) is 7.04. The Hall–Kier alpha value is -4.06. The molecule has 1 aliphatic heterocycles. The maximum absolute atomic E-state index is 12.0. The Morgan fingerprint density at radius 1 is 1.17 bits per heavy atom. The largest absolute Gasteiger partial charge is 0.449 e. The number of aromatic amines is 1. The molecule has 0 radical (unpaired) electrons. The summed E-state index contributed by atoms with van der Waals surface area (Å²) in [6.07, 6.45) is 12.3. The number of nitrogens with zero attached hydrogens (tertiary/aromatic N) is 1. The van der Waals surface area contributed by atoms with Crippen molar-refractivity contribution in [2.24, 2.45) is 5.92 Å². The molecular formula is C34H49N5O6S. The average molecular weight is 656 g/mol. The van der Waals surface area contributed by atoms with Crippen molar-refractivity contribution in [1.29, 1.82) is 0 Å². The van der Waals surface area contributed by atoms with Crippen LogP contribution in [0.4, 0.5) is 4.79 Å². The fraction of sp³-hybridized carbons (Fsp3) is 0.500. The minimum atomic E-state index is -0.592. The number of carbonyl (C=O) groups is 4. The van der Waals surface area contributed by atoms with Crippen molar-refractivity contribution >= 4 is 53.1 Å². The van der Waals surface area contributed by atoms with Crippen LogP contribution >= 0.6 is 11.9 Å². The molecule has 2 fully saturated rings. The van der Waals surface area contributed by atoms with E-state index < -0.39 is 12.1 Å². The van der Waals surface area contributed by atoms with Crippen LogP contribution in [-0.2, 0) is 19.1 Å². The molecule has 2 aliphatic rings. The molecule has 12 heteroatoms. The molecule has 2 heterocycles. The maximum Gasteiger partial charge on any atom is 0.407 e. The molecule has 1 aromatic carbocycles. The number of hydrogen-bond donors (Lipinski definition) is 4. The summed E-state index contributed by atoms with van der Waals surface area (Å²) in [6, 6.07) is 7.25. The summed E-state index contributed by atoms with van der Waals surface area (Å²) >= 11 is 1.44. The van der Waals surface area contributed by atoms with Gasteiger partial charge in [0.05, 0.1) is 6.61 Å². The number of carbonyl (C=O) groups excluding carboxylic acids is 4. The summed E-state index contributed by atoms with van der Waals surface area (Å²) in [4.78, 5) is 61.7. The highest BCUT2D eigenvalue weighted by molar-refractivity contribution is 7.98. The molecule has 1 aromatic heterocycles. The summed E-state index contributed by atoms with van der Waals surface area (Å²) in [6.45, 7) is 13.0. The Balaban J connectivity index is 0.000000341. The second kappa shape index (κ2) is 20.9. The molecule has 46 heavy (non-hydrogen) atoms. The van der Waals surface area contributed by atoms with Crippen LogP contribution in [-0.4, -0.2) is 71.2 Å². The lowest BCUT2D eigenvalue weighted by atomic mass is 10.1. The minimum Gasteiger partial charge on any atom is -0.449 e. The molecule has 0 spiro atoms. The maximum atomic E-state index is 12.0. The van der Waals surface area contributed by atoms with E-state index >= 15 is 0 Å². The third-order valence-electron chi connectivity index (χ3n) is 6.72. The van der Waals surface area contributed by atoms with Crippen molar-refractivity contribution < 1.29 is 23.9 Å². The fourth-order valence-electron chi connectivity index (χ4n) is 4.25.